The van der Waals surface area contributed by atoms with Crippen LogP contribution in [0.25, 0.3) is 0 Å². The molecule has 0 radical (unpaired) electrons. The summed E-state index contributed by atoms with van der Waals surface area (Å²) < 4.78 is 0. The number of hydrogen-bond donors (Lipinski definition) is 0. The molecule has 0 aliphatic rings. The highest BCUT2D eigenvalue weighted by molar-refractivity contribution is 6.05. The van der Waals surface area contributed by atoms with E-state index in [9.17, 15) is 0 Å². The molecule has 0 N–H and O–H groups in total. The maximum absolute atomic E-state index is 15.2. The second-order valence-corrected chi connectivity index (χ2v) is 19.4. The largest absolute Gasteiger partial charge is 0.331 e. The SMILES string of the molecule is CC(C)C(C)(C)N(C(=O)C(C)(C)C(=O)N(C(C)(C)C(C)C)C(C)(C)C(C)(C)C(C)(C)C)C(C)(C)C(C)(C)C(C)(C)C. The fourth-order valence-electron chi connectivity index (χ4n) is 6.03. The Morgan fingerprint density at radius 3 is 0.756 bits per heavy atom. The summed E-state index contributed by atoms with van der Waals surface area (Å²) in [6.45, 7) is 52.5. The Morgan fingerprint density at radius 2 is 0.610 bits per heavy atom. The van der Waals surface area contributed by atoms with Gasteiger partial charge in [0.25, 0.3) is 0 Å². The minimum Gasteiger partial charge on any atom is -0.331 e. The molecule has 0 saturated carbocycles. The van der Waals surface area contributed by atoms with Crippen LogP contribution in [0.3, 0.4) is 0 Å². The van der Waals surface area contributed by atoms with Crippen LogP contribution in [-0.2, 0) is 9.59 Å². The van der Waals surface area contributed by atoms with Gasteiger partial charge in [0.1, 0.15) is 5.41 Å². The highest BCUT2D eigenvalue weighted by Gasteiger charge is 2.61. The fourth-order valence-corrected chi connectivity index (χ4v) is 6.03. The topological polar surface area (TPSA) is 40.6 Å². The van der Waals surface area contributed by atoms with Crippen LogP contribution in [0, 0.1) is 38.9 Å². The fraction of sp³-hybridized carbons (Fsp3) is 0.946. The number of nitrogens with zero attached hydrogens (tertiary/aromatic N) is 2. The Balaban J connectivity index is 7.68. The van der Waals surface area contributed by atoms with Crippen LogP contribution >= 0.6 is 0 Å². The number of carbonyl (C=O) groups is 2. The van der Waals surface area contributed by atoms with Crippen LogP contribution in [0.15, 0.2) is 0 Å². The third-order valence-electron chi connectivity index (χ3n) is 13.4. The molecular weight excluding hydrogens is 504 g/mol. The van der Waals surface area contributed by atoms with Crippen molar-refractivity contribution in [1.29, 1.82) is 0 Å². The first-order valence-corrected chi connectivity index (χ1v) is 16.1. The van der Waals surface area contributed by atoms with Crippen molar-refractivity contribution in [1.82, 2.24) is 9.80 Å². The van der Waals surface area contributed by atoms with Crippen molar-refractivity contribution < 1.29 is 9.59 Å². The van der Waals surface area contributed by atoms with Gasteiger partial charge in [-0.3, -0.25) is 9.59 Å². The van der Waals surface area contributed by atoms with E-state index >= 15 is 9.59 Å². The zero-order chi connectivity index (χ0) is 34.0. The Bertz CT molecular complexity index is 868. The average Bonchev–Trinajstić information content (AvgIpc) is 2.70. The Hall–Kier alpha value is -1.06. The van der Waals surface area contributed by atoms with Gasteiger partial charge in [-0.15, -0.1) is 0 Å². The monoisotopic (exact) mass is 579 g/mol. The van der Waals surface area contributed by atoms with Crippen molar-refractivity contribution in [3.63, 3.8) is 0 Å². The quantitative estimate of drug-likeness (QED) is 0.242. The molecule has 0 aromatic carbocycles. The van der Waals surface area contributed by atoms with Gasteiger partial charge in [0.05, 0.1) is 0 Å². The number of carbonyl (C=O) groups excluding carboxylic acids is 2. The van der Waals surface area contributed by atoms with Crippen LogP contribution in [-0.4, -0.2) is 43.8 Å². The highest BCUT2D eigenvalue weighted by atomic mass is 16.2. The molecule has 0 aromatic rings. The molecule has 41 heavy (non-hydrogen) atoms. The van der Waals surface area contributed by atoms with E-state index in [2.05, 4.69) is 162 Å². The minimum absolute atomic E-state index is 0.0827. The molecule has 0 aromatic heterocycles. The molecule has 4 heteroatoms. The van der Waals surface area contributed by atoms with Crippen LogP contribution in [0.5, 0.6) is 0 Å². The lowest BCUT2D eigenvalue weighted by Crippen LogP contribution is -2.73. The summed E-state index contributed by atoms with van der Waals surface area (Å²) in [4.78, 5) is 34.6. The van der Waals surface area contributed by atoms with E-state index in [1.54, 1.807) is 0 Å². The summed E-state index contributed by atoms with van der Waals surface area (Å²) in [5, 5.41) is 0. The molecule has 244 valence electrons. The van der Waals surface area contributed by atoms with Crippen molar-refractivity contribution in [2.75, 3.05) is 0 Å². The molecule has 0 aliphatic heterocycles. The maximum Gasteiger partial charge on any atom is 0.238 e. The van der Waals surface area contributed by atoms with Gasteiger partial charge in [-0.1, -0.05) is 96.9 Å². The average molecular weight is 579 g/mol. The second-order valence-electron chi connectivity index (χ2n) is 19.4. The molecule has 0 rings (SSSR count). The van der Waals surface area contributed by atoms with Crippen LogP contribution in [0.4, 0.5) is 0 Å². The molecular formula is C37H74N2O2. The van der Waals surface area contributed by atoms with Crippen molar-refractivity contribution in [3.8, 4) is 0 Å². The molecule has 0 heterocycles. The van der Waals surface area contributed by atoms with Crippen LogP contribution in [0.2, 0.25) is 0 Å². The predicted octanol–water partition coefficient (Wildman–Crippen LogP) is 10.2. The van der Waals surface area contributed by atoms with Gasteiger partial charge in [0, 0.05) is 22.2 Å². The van der Waals surface area contributed by atoms with E-state index in [1.165, 1.54) is 0 Å². The molecule has 0 saturated heterocycles. The van der Waals surface area contributed by atoms with E-state index in [4.69, 9.17) is 0 Å². The Labute approximate surface area is 258 Å². The minimum atomic E-state index is -1.28. The van der Waals surface area contributed by atoms with Crippen LogP contribution in [0.1, 0.15) is 166 Å². The van der Waals surface area contributed by atoms with Gasteiger partial charge in [0.2, 0.25) is 11.8 Å². The Kier molecular flexibility index (Phi) is 10.9. The number of rotatable bonds is 10. The predicted molar refractivity (Wildman–Crippen MR) is 180 cm³/mol. The van der Waals surface area contributed by atoms with E-state index in [0.717, 1.165) is 0 Å². The summed E-state index contributed by atoms with van der Waals surface area (Å²) in [5.74, 6) is 0.175. The molecule has 0 atom stereocenters. The molecule has 0 aliphatic carbocycles. The maximum atomic E-state index is 15.2. The molecule has 0 unspecified atom stereocenters. The molecule has 0 fully saturated rings. The molecule has 0 spiro atoms. The van der Waals surface area contributed by atoms with Crippen molar-refractivity contribution in [2.24, 2.45) is 38.9 Å². The summed E-state index contributed by atoms with van der Waals surface area (Å²) >= 11 is 0. The third kappa shape index (κ3) is 6.43. The smallest absolute Gasteiger partial charge is 0.238 e. The highest BCUT2D eigenvalue weighted by Crippen LogP contribution is 2.55. The van der Waals surface area contributed by atoms with Crippen molar-refractivity contribution in [3.05, 3.63) is 0 Å². The van der Waals surface area contributed by atoms with Gasteiger partial charge in [-0.05, 0) is 103 Å². The Morgan fingerprint density at radius 1 is 0.415 bits per heavy atom. The first kappa shape index (κ1) is 39.9. The van der Waals surface area contributed by atoms with Crippen LogP contribution < -0.4 is 0 Å². The zero-order valence-corrected chi connectivity index (χ0v) is 32.4. The summed E-state index contributed by atoms with van der Waals surface area (Å²) in [7, 11) is 0. The number of amides is 2. The van der Waals surface area contributed by atoms with E-state index in [0.29, 0.717) is 0 Å². The molecule has 4 nitrogen and oxygen atoms in total. The molecule has 2 amide bonds. The summed E-state index contributed by atoms with van der Waals surface area (Å²) in [5.41, 5.74) is -4.04. The van der Waals surface area contributed by atoms with Gasteiger partial charge >= 0.3 is 0 Å². The lowest BCUT2D eigenvalue weighted by Gasteiger charge is -2.63. The van der Waals surface area contributed by atoms with Gasteiger partial charge in [-0.25, -0.2) is 0 Å². The van der Waals surface area contributed by atoms with E-state index in [-0.39, 0.29) is 45.3 Å². The van der Waals surface area contributed by atoms with Crippen molar-refractivity contribution >= 4 is 11.8 Å². The standard InChI is InChI=1S/C37H74N2O2/c1-25(2)32(13,14)38(36(21,22)34(17,18)29(5,6)7)27(40)31(11,12)28(41)39(33(15,16)26(3)4)37(23,24)35(19,20)30(8,9)10/h25-26H,1-24H3. The number of hydrogen-bond acceptors (Lipinski definition) is 2. The lowest BCUT2D eigenvalue weighted by molar-refractivity contribution is -0.186. The molecule has 0 bridgehead atoms. The summed E-state index contributed by atoms with van der Waals surface area (Å²) in [6, 6.07) is 0. The van der Waals surface area contributed by atoms with Gasteiger partial charge in [-0.2, -0.15) is 0 Å². The lowest BCUT2D eigenvalue weighted by atomic mass is 9.57. The van der Waals surface area contributed by atoms with Gasteiger partial charge in [0.15, 0.2) is 0 Å². The zero-order valence-electron chi connectivity index (χ0n) is 32.4. The van der Waals surface area contributed by atoms with Gasteiger partial charge < -0.3 is 9.80 Å². The van der Waals surface area contributed by atoms with Crippen molar-refractivity contribution in [2.45, 2.75) is 188 Å². The van der Waals surface area contributed by atoms with E-state index < -0.39 is 27.6 Å². The van der Waals surface area contributed by atoms with E-state index in [1.807, 2.05) is 13.8 Å². The first-order chi connectivity index (χ1) is 17.4. The third-order valence-corrected chi connectivity index (χ3v) is 13.4. The summed E-state index contributed by atoms with van der Waals surface area (Å²) in [6.07, 6.45) is 0. The first-order valence-electron chi connectivity index (χ1n) is 16.1. The second kappa shape index (κ2) is 11.1. The normalized spacial score (nSPS) is 15.5.